The number of amides is 2. The molecule has 2 amide bonds. The zero-order valence-corrected chi connectivity index (χ0v) is 34.4. The van der Waals surface area contributed by atoms with Gasteiger partial charge in [0.25, 0.3) is 0 Å². The van der Waals surface area contributed by atoms with Crippen molar-refractivity contribution >= 4 is 17.5 Å². The molecule has 298 valence electrons. The molecule has 5 aliphatic rings. The maximum atomic E-state index is 14.5. The highest BCUT2D eigenvalue weighted by molar-refractivity contribution is 5.93. The van der Waals surface area contributed by atoms with Crippen molar-refractivity contribution in [1.29, 1.82) is 0 Å². The summed E-state index contributed by atoms with van der Waals surface area (Å²) < 4.78 is 6.30. The van der Waals surface area contributed by atoms with Crippen molar-refractivity contribution in [2.75, 3.05) is 54.2 Å². The Hall–Kier alpha value is -3.06. The predicted octanol–water partition coefficient (Wildman–Crippen LogP) is 4.80. The molecule has 2 bridgehead atoms. The Morgan fingerprint density at radius 1 is 1.15 bits per heavy atom. The number of hydrogen-bond donors (Lipinski definition) is 4. The third-order valence-electron chi connectivity index (χ3n) is 14.3. The summed E-state index contributed by atoms with van der Waals surface area (Å²) >= 11 is 0. The molecule has 54 heavy (non-hydrogen) atoms. The summed E-state index contributed by atoms with van der Waals surface area (Å²) in [6.45, 7) is 13.7. The van der Waals surface area contributed by atoms with Gasteiger partial charge in [-0.1, -0.05) is 52.8 Å². The van der Waals surface area contributed by atoms with Gasteiger partial charge in [-0.05, 0) is 86.7 Å². The Labute approximate surface area is 322 Å². The average molecular weight is 749 g/mol. The summed E-state index contributed by atoms with van der Waals surface area (Å²) in [5.74, 6) is 2.07. The minimum absolute atomic E-state index is 0.00959. The van der Waals surface area contributed by atoms with Gasteiger partial charge in [-0.25, -0.2) is 4.79 Å². The van der Waals surface area contributed by atoms with Gasteiger partial charge in [0.2, 0.25) is 5.91 Å². The minimum atomic E-state index is -0.901. The van der Waals surface area contributed by atoms with E-state index in [0.29, 0.717) is 46.6 Å². The van der Waals surface area contributed by atoms with E-state index in [1.807, 2.05) is 44.4 Å². The number of fused-ring (bicyclic) bond motifs is 2. The van der Waals surface area contributed by atoms with Crippen LogP contribution in [-0.4, -0.2) is 115 Å². The van der Waals surface area contributed by atoms with Gasteiger partial charge in [-0.3, -0.25) is 14.1 Å². The molecule has 0 spiro atoms. The number of hydrogen-bond acceptors (Lipinski definition) is 9. The second kappa shape index (κ2) is 14.8. The van der Waals surface area contributed by atoms with Crippen molar-refractivity contribution in [3.63, 3.8) is 0 Å². The molecule has 1 heterocycles. The molecule has 2 unspecified atom stereocenters. The SMILES string of the molecule is COc1c(CN2OC(CO)[C@@H]([C@H](C)O)[C@H]2C(=O)N[C@H]2C[C@H]3C[C@@H]([C@@H]2C)C3(C)C)cccc1-c1cc(N)cc(C(=O)[N+](C)(C)[C@@]2(CN(C)C)CC2C(C)C)c1. The molecule has 5 N–H and O–H groups in total. The number of para-hydroxylation sites is 1. The van der Waals surface area contributed by atoms with Crippen molar-refractivity contribution in [3.8, 4) is 16.9 Å². The quantitative estimate of drug-likeness (QED) is 0.168. The Morgan fingerprint density at radius 3 is 2.41 bits per heavy atom. The maximum Gasteiger partial charge on any atom is 0.346 e. The van der Waals surface area contributed by atoms with Crippen LogP contribution in [0.25, 0.3) is 11.1 Å². The number of methoxy groups -OCH3 is 1. The molecule has 2 aromatic carbocycles. The number of nitrogens with one attached hydrogen (secondary N) is 1. The van der Waals surface area contributed by atoms with Crippen LogP contribution in [0.5, 0.6) is 5.75 Å². The largest absolute Gasteiger partial charge is 0.496 e. The number of carbonyl (C=O) groups excluding carboxylic acids is 2. The van der Waals surface area contributed by atoms with Gasteiger partial charge in [0.15, 0.2) is 0 Å². The zero-order valence-electron chi connectivity index (χ0n) is 34.4. The van der Waals surface area contributed by atoms with E-state index in [9.17, 15) is 19.8 Å². The lowest BCUT2D eigenvalue weighted by molar-refractivity contribution is -0.849. The molecule has 0 aromatic heterocycles. The fourth-order valence-electron chi connectivity index (χ4n) is 11.0. The molecule has 11 heteroatoms. The van der Waals surface area contributed by atoms with Gasteiger partial charge in [0.1, 0.15) is 23.4 Å². The number of hydroxylamine groups is 2. The number of ether oxygens (including phenoxy) is 1. The first kappa shape index (κ1) is 40.6. The second-order valence-corrected chi connectivity index (χ2v) is 18.7. The molecule has 1 saturated heterocycles. The highest BCUT2D eigenvalue weighted by atomic mass is 16.7. The third-order valence-corrected chi connectivity index (χ3v) is 14.3. The molecule has 4 saturated carbocycles. The molecule has 7 rings (SSSR count). The average Bonchev–Trinajstić information content (AvgIpc) is 3.73. The van der Waals surface area contributed by atoms with E-state index in [1.54, 1.807) is 25.2 Å². The zero-order chi connectivity index (χ0) is 39.7. The van der Waals surface area contributed by atoms with Crippen LogP contribution in [0, 0.1) is 40.9 Å². The van der Waals surface area contributed by atoms with E-state index in [2.05, 4.69) is 58.9 Å². The topological polar surface area (TPSA) is 138 Å². The molecule has 2 aromatic rings. The van der Waals surface area contributed by atoms with E-state index < -0.39 is 24.2 Å². The van der Waals surface area contributed by atoms with E-state index in [0.717, 1.165) is 36.1 Å². The van der Waals surface area contributed by atoms with E-state index >= 15 is 0 Å². The minimum Gasteiger partial charge on any atom is -0.496 e. The summed E-state index contributed by atoms with van der Waals surface area (Å²) in [7, 11) is 9.79. The van der Waals surface area contributed by atoms with Crippen LogP contribution < -0.4 is 15.8 Å². The van der Waals surface area contributed by atoms with Crippen molar-refractivity contribution in [3.05, 3.63) is 47.5 Å². The van der Waals surface area contributed by atoms with Gasteiger partial charge in [-0.15, -0.1) is 0 Å². The summed E-state index contributed by atoms with van der Waals surface area (Å²) in [6, 6.07) is 10.5. The van der Waals surface area contributed by atoms with Crippen molar-refractivity contribution in [1.82, 2.24) is 15.3 Å². The number of nitrogens with zero attached hydrogens (tertiary/aromatic N) is 3. The van der Waals surface area contributed by atoms with Crippen LogP contribution in [0.4, 0.5) is 5.69 Å². The number of likely N-dealkylation sites (N-methyl/N-ethyl adjacent to an activating group) is 2. The summed E-state index contributed by atoms with van der Waals surface area (Å²) in [4.78, 5) is 37.2. The normalized spacial score (nSPS) is 32.4. The first-order chi connectivity index (χ1) is 25.3. The number of aliphatic hydroxyl groups excluding tert-OH is 2. The highest BCUT2D eigenvalue weighted by Crippen LogP contribution is 2.61. The Bertz CT molecular complexity index is 1730. The van der Waals surface area contributed by atoms with Crippen LogP contribution in [-0.2, 0) is 16.2 Å². The van der Waals surface area contributed by atoms with Crippen molar-refractivity contribution in [2.45, 2.75) is 97.2 Å². The molecule has 5 fully saturated rings. The number of aliphatic hydroxyl groups is 2. The monoisotopic (exact) mass is 749 g/mol. The summed E-state index contributed by atoms with van der Waals surface area (Å²) in [5.41, 5.74) is 9.88. The fourth-order valence-corrected chi connectivity index (χ4v) is 11.0. The van der Waals surface area contributed by atoms with Crippen LogP contribution in [0.15, 0.2) is 36.4 Å². The number of benzene rings is 2. The van der Waals surface area contributed by atoms with Gasteiger partial charge in [0.05, 0.1) is 52.6 Å². The van der Waals surface area contributed by atoms with Crippen LogP contribution in [0.2, 0.25) is 0 Å². The van der Waals surface area contributed by atoms with Gasteiger partial charge >= 0.3 is 5.91 Å². The van der Waals surface area contributed by atoms with Crippen LogP contribution >= 0.6 is 0 Å². The maximum absolute atomic E-state index is 14.5. The molecule has 0 radical (unpaired) electrons. The van der Waals surface area contributed by atoms with Crippen LogP contribution in [0.1, 0.15) is 76.7 Å². The lowest BCUT2D eigenvalue weighted by Gasteiger charge is -2.62. The van der Waals surface area contributed by atoms with E-state index in [1.165, 1.54) is 6.42 Å². The van der Waals surface area contributed by atoms with Gasteiger partial charge in [0, 0.05) is 41.1 Å². The number of quaternary nitrogens is 1. The predicted molar refractivity (Wildman–Crippen MR) is 211 cm³/mol. The Balaban J connectivity index is 1.29. The lowest BCUT2D eigenvalue weighted by Crippen LogP contribution is -2.62. The Morgan fingerprint density at radius 2 is 1.85 bits per heavy atom. The standard InChI is InChI=1S/C43H65N5O6/c1-24(2)34-20-43(34,23-46(7)8)48(9,10)41(52)29-15-28(16-31(44)17-29)32-14-12-13-27(39(32)53-11)21-47-38(37(26(4)50)36(22-49)54-47)40(51)45-35-19-30-18-33(25(35)3)42(30,5)6/h12-17,24-26,30,33-38,49-50H,18-23,44H2,1-11H3/p+1/t25-,26-,30+,33-,34?,35-,36?,37+,38-,43+/m0/s1. The third kappa shape index (κ3) is 6.87. The molecule has 4 aliphatic carbocycles. The van der Waals surface area contributed by atoms with E-state index in [-0.39, 0.29) is 46.4 Å². The molecule has 10 atom stereocenters. The molecular formula is C43H66N5O6+. The van der Waals surface area contributed by atoms with E-state index in [4.69, 9.17) is 15.3 Å². The number of anilines is 1. The highest BCUT2D eigenvalue weighted by Gasteiger charge is 2.68. The first-order valence-electron chi connectivity index (χ1n) is 19.9. The van der Waals surface area contributed by atoms with Crippen LogP contribution in [0.3, 0.4) is 0 Å². The fraction of sp³-hybridized carbons (Fsp3) is 0.674. The van der Waals surface area contributed by atoms with Gasteiger partial charge in [-0.2, -0.15) is 5.06 Å². The van der Waals surface area contributed by atoms with Crippen molar-refractivity contribution in [2.24, 2.45) is 40.9 Å². The number of rotatable bonds is 13. The number of nitrogens with two attached hydrogens (primary N) is 1. The van der Waals surface area contributed by atoms with Gasteiger partial charge < -0.3 is 30.9 Å². The molecular weight excluding hydrogens is 683 g/mol. The molecule has 11 nitrogen and oxygen atoms in total. The smallest absolute Gasteiger partial charge is 0.346 e. The first-order valence-corrected chi connectivity index (χ1v) is 19.9. The lowest BCUT2D eigenvalue weighted by atomic mass is 9.45. The summed E-state index contributed by atoms with van der Waals surface area (Å²) in [6.07, 6.45) is 1.45. The summed E-state index contributed by atoms with van der Waals surface area (Å²) in [5, 5.41) is 26.3. The van der Waals surface area contributed by atoms with Crippen molar-refractivity contribution < 1.29 is 33.9 Å². The number of carbonyl (C=O) groups is 2. The number of nitrogen functional groups attached to an aromatic ring is 1. The second-order valence-electron chi connectivity index (χ2n) is 18.7. The molecule has 1 aliphatic heterocycles. The Kier molecular flexibility index (Phi) is 11.1.